The predicted octanol–water partition coefficient (Wildman–Crippen LogP) is 6.31. The molecule has 1 heterocycles. The first-order valence-corrected chi connectivity index (χ1v) is 10.3. The molecule has 2 unspecified atom stereocenters. The minimum atomic E-state index is -0.386. The standard InChI is InChI=1S/C21H38O3/c1-3-5-6-7-8-9-10-11-12-13-14-15-16-17-18-19-21(23-19)24-20(22)4-2/h4,19,21H,2-3,5-18H2,1H3. The fraction of sp³-hybridized carbons (Fsp3) is 0.857. The van der Waals surface area contributed by atoms with Crippen molar-refractivity contribution in [2.75, 3.05) is 0 Å². The molecule has 0 aliphatic carbocycles. The van der Waals surface area contributed by atoms with E-state index in [4.69, 9.17) is 9.47 Å². The van der Waals surface area contributed by atoms with Crippen LogP contribution in [-0.2, 0) is 14.3 Å². The third-order valence-corrected chi connectivity index (χ3v) is 4.78. The van der Waals surface area contributed by atoms with Gasteiger partial charge in [0.25, 0.3) is 0 Å². The maximum absolute atomic E-state index is 11.0. The van der Waals surface area contributed by atoms with E-state index in [9.17, 15) is 4.79 Å². The van der Waals surface area contributed by atoms with Crippen LogP contribution in [0.5, 0.6) is 0 Å². The van der Waals surface area contributed by atoms with Crippen LogP contribution in [0.3, 0.4) is 0 Å². The van der Waals surface area contributed by atoms with Gasteiger partial charge in [0.2, 0.25) is 6.29 Å². The molecule has 0 aromatic rings. The molecule has 3 nitrogen and oxygen atoms in total. The van der Waals surface area contributed by atoms with E-state index in [1.807, 2.05) is 0 Å². The lowest BCUT2D eigenvalue weighted by Gasteiger charge is -2.03. The second-order valence-corrected chi connectivity index (χ2v) is 7.07. The summed E-state index contributed by atoms with van der Waals surface area (Å²) in [5.41, 5.74) is 0. The summed E-state index contributed by atoms with van der Waals surface area (Å²) in [5.74, 6) is -0.386. The molecule has 1 fully saturated rings. The van der Waals surface area contributed by atoms with E-state index in [2.05, 4.69) is 13.5 Å². The minimum Gasteiger partial charge on any atom is -0.430 e. The Hall–Kier alpha value is -0.830. The Morgan fingerprint density at radius 3 is 1.79 bits per heavy atom. The van der Waals surface area contributed by atoms with Crippen molar-refractivity contribution in [2.45, 2.75) is 116 Å². The molecule has 0 aromatic carbocycles. The highest BCUT2D eigenvalue weighted by Gasteiger charge is 2.41. The molecule has 1 rings (SSSR count). The average molecular weight is 339 g/mol. The molecule has 0 radical (unpaired) electrons. The number of unbranched alkanes of at least 4 members (excludes halogenated alkanes) is 13. The van der Waals surface area contributed by atoms with E-state index < -0.39 is 0 Å². The Bertz CT molecular complexity index is 327. The van der Waals surface area contributed by atoms with Crippen molar-refractivity contribution in [3.63, 3.8) is 0 Å². The zero-order valence-corrected chi connectivity index (χ0v) is 15.8. The van der Waals surface area contributed by atoms with Gasteiger partial charge < -0.3 is 9.47 Å². The summed E-state index contributed by atoms with van der Waals surface area (Å²) in [5, 5.41) is 0. The fourth-order valence-electron chi connectivity index (χ4n) is 3.14. The molecular weight excluding hydrogens is 300 g/mol. The van der Waals surface area contributed by atoms with Crippen LogP contribution in [0.15, 0.2) is 12.7 Å². The number of carbonyl (C=O) groups excluding carboxylic acids is 1. The molecule has 24 heavy (non-hydrogen) atoms. The second-order valence-electron chi connectivity index (χ2n) is 7.07. The Morgan fingerprint density at radius 2 is 1.33 bits per heavy atom. The van der Waals surface area contributed by atoms with E-state index in [0.717, 1.165) is 6.42 Å². The summed E-state index contributed by atoms with van der Waals surface area (Å²) in [6.07, 6.45) is 21.3. The summed E-state index contributed by atoms with van der Waals surface area (Å²) in [4.78, 5) is 11.0. The van der Waals surface area contributed by atoms with Crippen LogP contribution in [0, 0.1) is 0 Å². The van der Waals surface area contributed by atoms with Gasteiger partial charge in [0, 0.05) is 6.08 Å². The Kier molecular flexibility index (Phi) is 12.8. The van der Waals surface area contributed by atoms with Gasteiger partial charge in [0.05, 0.1) is 0 Å². The van der Waals surface area contributed by atoms with Gasteiger partial charge in [-0.1, -0.05) is 103 Å². The first kappa shape index (κ1) is 21.2. The van der Waals surface area contributed by atoms with E-state index in [0.29, 0.717) is 0 Å². The van der Waals surface area contributed by atoms with Crippen LogP contribution < -0.4 is 0 Å². The minimum absolute atomic E-state index is 0.131. The average Bonchev–Trinajstić information content (AvgIpc) is 3.32. The number of esters is 1. The molecule has 0 bridgehead atoms. The van der Waals surface area contributed by atoms with Gasteiger partial charge in [0.1, 0.15) is 6.10 Å². The molecule has 140 valence electrons. The van der Waals surface area contributed by atoms with Gasteiger partial charge in [-0.25, -0.2) is 4.79 Å². The number of carbonyl (C=O) groups is 1. The molecule has 0 saturated carbocycles. The van der Waals surface area contributed by atoms with Crippen LogP contribution in [0.4, 0.5) is 0 Å². The Balaban J connectivity index is 1.71. The first-order valence-electron chi connectivity index (χ1n) is 10.3. The van der Waals surface area contributed by atoms with Crippen molar-refractivity contribution in [2.24, 2.45) is 0 Å². The number of hydrogen-bond acceptors (Lipinski definition) is 3. The lowest BCUT2D eigenvalue weighted by atomic mass is 10.0. The highest BCUT2D eigenvalue weighted by molar-refractivity contribution is 5.81. The molecule has 1 aliphatic heterocycles. The summed E-state index contributed by atoms with van der Waals surface area (Å²) >= 11 is 0. The van der Waals surface area contributed by atoms with Crippen molar-refractivity contribution in [1.82, 2.24) is 0 Å². The first-order chi connectivity index (χ1) is 11.8. The van der Waals surface area contributed by atoms with Crippen molar-refractivity contribution in [3.8, 4) is 0 Å². The van der Waals surface area contributed by atoms with Gasteiger partial charge in [0.15, 0.2) is 0 Å². The van der Waals surface area contributed by atoms with Crippen LogP contribution in [0.25, 0.3) is 0 Å². The third-order valence-electron chi connectivity index (χ3n) is 4.78. The zero-order chi connectivity index (χ0) is 17.5. The number of ether oxygens (including phenoxy) is 2. The molecule has 0 N–H and O–H groups in total. The topological polar surface area (TPSA) is 38.8 Å². The molecule has 2 atom stereocenters. The highest BCUT2D eigenvalue weighted by Crippen LogP contribution is 2.28. The van der Waals surface area contributed by atoms with Crippen LogP contribution >= 0.6 is 0 Å². The monoisotopic (exact) mass is 338 g/mol. The van der Waals surface area contributed by atoms with Crippen LogP contribution in [0.1, 0.15) is 103 Å². The molecule has 0 amide bonds. The predicted molar refractivity (Wildman–Crippen MR) is 99.9 cm³/mol. The third kappa shape index (κ3) is 11.7. The van der Waals surface area contributed by atoms with E-state index in [1.54, 1.807) is 0 Å². The lowest BCUT2D eigenvalue weighted by Crippen LogP contribution is -2.06. The van der Waals surface area contributed by atoms with E-state index in [1.165, 1.54) is 96.0 Å². The van der Waals surface area contributed by atoms with Crippen molar-refractivity contribution >= 4 is 5.97 Å². The van der Waals surface area contributed by atoms with Gasteiger partial charge in [-0.15, -0.1) is 0 Å². The second kappa shape index (κ2) is 14.5. The summed E-state index contributed by atoms with van der Waals surface area (Å²) in [6, 6.07) is 0. The molecule has 1 saturated heterocycles. The zero-order valence-electron chi connectivity index (χ0n) is 15.8. The number of epoxide rings is 1. The van der Waals surface area contributed by atoms with Gasteiger partial charge in [-0.3, -0.25) is 0 Å². The van der Waals surface area contributed by atoms with Gasteiger partial charge in [-0.2, -0.15) is 0 Å². The van der Waals surface area contributed by atoms with Crippen LogP contribution in [-0.4, -0.2) is 18.4 Å². The normalized spacial score (nSPS) is 19.2. The van der Waals surface area contributed by atoms with Gasteiger partial charge >= 0.3 is 5.97 Å². The smallest absolute Gasteiger partial charge is 0.332 e. The SMILES string of the molecule is C=CC(=O)OC1OC1CCCCCCCCCCCCCCCC. The molecule has 3 heteroatoms. The Labute approximate surface area is 149 Å². The molecular formula is C21H38O3. The summed E-state index contributed by atoms with van der Waals surface area (Å²) in [6.45, 7) is 5.65. The maximum atomic E-state index is 11.0. The maximum Gasteiger partial charge on any atom is 0.332 e. The molecule has 0 spiro atoms. The lowest BCUT2D eigenvalue weighted by molar-refractivity contribution is -0.142. The number of hydrogen-bond donors (Lipinski definition) is 0. The van der Waals surface area contributed by atoms with Crippen molar-refractivity contribution < 1.29 is 14.3 Å². The summed E-state index contributed by atoms with van der Waals surface area (Å²) in [7, 11) is 0. The Morgan fingerprint density at radius 1 is 0.875 bits per heavy atom. The number of rotatable bonds is 17. The molecule has 1 aliphatic rings. The summed E-state index contributed by atoms with van der Waals surface area (Å²) < 4.78 is 10.3. The highest BCUT2D eigenvalue weighted by atomic mass is 16.8. The van der Waals surface area contributed by atoms with Crippen molar-refractivity contribution in [3.05, 3.63) is 12.7 Å². The van der Waals surface area contributed by atoms with E-state index in [-0.39, 0.29) is 18.4 Å². The fourth-order valence-corrected chi connectivity index (χ4v) is 3.14. The molecule has 0 aromatic heterocycles. The van der Waals surface area contributed by atoms with Crippen LogP contribution in [0.2, 0.25) is 0 Å². The van der Waals surface area contributed by atoms with Crippen molar-refractivity contribution in [1.29, 1.82) is 0 Å². The van der Waals surface area contributed by atoms with E-state index >= 15 is 0 Å². The quantitative estimate of drug-likeness (QED) is 0.135. The van der Waals surface area contributed by atoms with Gasteiger partial charge in [-0.05, 0) is 6.42 Å². The largest absolute Gasteiger partial charge is 0.430 e.